The van der Waals surface area contributed by atoms with Crippen LogP contribution in [0.1, 0.15) is 36.7 Å². The highest BCUT2D eigenvalue weighted by Gasteiger charge is 2.24. The van der Waals surface area contributed by atoms with Crippen molar-refractivity contribution < 1.29 is 19.1 Å². The van der Waals surface area contributed by atoms with Crippen LogP contribution in [0.2, 0.25) is 0 Å². The van der Waals surface area contributed by atoms with E-state index >= 15 is 0 Å². The molecule has 29 heavy (non-hydrogen) atoms. The van der Waals surface area contributed by atoms with Crippen molar-refractivity contribution in [2.75, 3.05) is 38.7 Å². The number of nitrogens with one attached hydrogen (secondary N) is 1. The number of hydrogen-bond acceptors (Lipinski definition) is 4. The predicted octanol–water partition coefficient (Wildman–Crippen LogP) is 3.20. The van der Waals surface area contributed by atoms with E-state index in [0.717, 1.165) is 0 Å². The fourth-order valence-corrected chi connectivity index (χ4v) is 3.47. The molecule has 2 amide bonds. The van der Waals surface area contributed by atoms with Gasteiger partial charge in [0.05, 0.1) is 26.0 Å². The molecule has 0 bridgehead atoms. The molecule has 1 aromatic heterocycles. The van der Waals surface area contributed by atoms with E-state index in [0.29, 0.717) is 55.6 Å². The number of carbonyl (C=O) groups excluding carboxylic acids is 2. The maximum Gasteiger partial charge on any atom is 0.254 e. The summed E-state index contributed by atoms with van der Waals surface area (Å²) in [5, 5.41) is 2.97. The summed E-state index contributed by atoms with van der Waals surface area (Å²) in [6, 6.07) is 8.61. The number of aromatic nitrogens is 1. The maximum atomic E-state index is 13.1. The lowest BCUT2D eigenvalue weighted by Gasteiger charge is -2.27. The average Bonchev–Trinajstić information content (AvgIpc) is 3.26. The lowest BCUT2D eigenvalue weighted by molar-refractivity contribution is -0.119. The summed E-state index contributed by atoms with van der Waals surface area (Å²) in [6.45, 7) is 6.39. The molecule has 1 N–H and O–H groups in total. The van der Waals surface area contributed by atoms with Crippen LogP contribution in [0.3, 0.4) is 0 Å². The molecular weight excluding hydrogens is 370 g/mol. The molecule has 7 nitrogen and oxygen atoms in total. The molecule has 156 valence electrons. The van der Waals surface area contributed by atoms with E-state index in [2.05, 4.69) is 19.2 Å². The zero-order valence-electron chi connectivity index (χ0n) is 17.3. The minimum absolute atomic E-state index is 0.0735. The predicted molar refractivity (Wildman–Crippen MR) is 111 cm³/mol. The van der Waals surface area contributed by atoms with Gasteiger partial charge >= 0.3 is 0 Å². The van der Waals surface area contributed by atoms with Crippen molar-refractivity contribution in [2.24, 2.45) is 5.92 Å². The summed E-state index contributed by atoms with van der Waals surface area (Å²) in [5.41, 5.74) is 1.02. The Kier molecular flexibility index (Phi) is 6.93. The Bertz CT molecular complexity index is 827. The number of benzene rings is 1. The van der Waals surface area contributed by atoms with E-state index in [1.54, 1.807) is 30.2 Å². The van der Waals surface area contributed by atoms with Gasteiger partial charge in [-0.15, -0.1) is 0 Å². The van der Waals surface area contributed by atoms with Crippen molar-refractivity contribution >= 4 is 17.5 Å². The van der Waals surface area contributed by atoms with E-state index in [-0.39, 0.29) is 17.9 Å². The Labute approximate surface area is 171 Å². The van der Waals surface area contributed by atoms with Crippen LogP contribution < -0.4 is 10.1 Å². The van der Waals surface area contributed by atoms with Gasteiger partial charge in [-0.2, -0.15) is 0 Å². The van der Waals surface area contributed by atoms with Crippen LogP contribution >= 0.6 is 0 Å². The first-order chi connectivity index (χ1) is 14.0. The van der Waals surface area contributed by atoms with Crippen LogP contribution in [0, 0.1) is 5.92 Å². The van der Waals surface area contributed by atoms with E-state index in [1.807, 2.05) is 29.1 Å². The third-order valence-corrected chi connectivity index (χ3v) is 4.99. The van der Waals surface area contributed by atoms with Gasteiger partial charge in [-0.25, -0.2) is 0 Å². The molecule has 1 aromatic carbocycles. The first-order valence-corrected chi connectivity index (χ1v) is 9.98. The molecular formula is C22H29N3O4. The smallest absolute Gasteiger partial charge is 0.254 e. The molecule has 0 aliphatic carbocycles. The molecule has 1 aliphatic rings. The fraction of sp³-hybridized carbons (Fsp3) is 0.455. The van der Waals surface area contributed by atoms with Gasteiger partial charge in [0.25, 0.3) is 5.91 Å². The van der Waals surface area contributed by atoms with Crippen molar-refractivity contribution in [2.45, 2.75) is 26.3 Å². The molecule has 2 heterocycles. The van der Waals surface area contributed by atoms with E-state index in [4.69, 9.17) is 9.47 Å². The first-order valence-electron chi connectivity index (χ1n) is 9.98. The normalized spacial score (nSPS) is 15.2. The van der Waals surface area contributed by atoms with Crippen molar-refractivity contribution in [3.05, 3.63) is 48.3 Å². The highest BCUT2D eigenvalue weighted by atomic mass is 16.5. The second-order valence-electron chi connectivity index (χ2n) is 7.58. The lowest BCUT2D eigenvalue weighted by atomic mass is 10.0. The molecule has 1 aliphatic heterocycles. The Morgan fingerprint density at radius 2 is 1.86 bits per heavy atom. The van der Waals surface area contributed by atoms with Crippen LogP contribution in [-0.2, 0) is 9.53 Å². The van der Waals surface area contributed by atoms with Gasteiger partial charge in [0.1, 0.15) is 11.8 Å². The second kappa shape index (κ2) is 9.60. The second-order valence-corrected chi connectivity index (χ2v) is 7.58. The molecule has 0 spiro atoms. The van der Waals surface area contributed by atoms with Gasteiger partial charge in [-0.3, -0.25) is 9.59 Å². The van der Waals surface area contributed by atoms with Crippen molar-refractivity contribution in [1.29, 1.82) is 0 Å². The number of amides is 2. The molecule has 7 heteroatoms. The Balaban J connectivity index is 1.82. The maximum absolute atomic E-state index is 13.1. The topological polar surface area (TPSA) is 72.8 Å². The number of nitrogens with zero attached hydrogens (tertiary/aromatic N) is 2. The summed E-state index contributed by atoms with van der Waals surface area (Å²) < 4.78 is 12.6. The van der Waals surface area contributed by atoms with E-state index in [9.17, 15) is 9.59 Å². The number of hydrogen-bond donors (Lipinski definition) is 1. The molecule has 2 aromatic rings. The summed E-state index contributed by atoms with van der Waals surface area (Å²) in [6.07, 6.45) is 4.49. The van der Waals surface area contributed by atoms with Crippen LogP contribution in [-0.4, -0.2) is 54.7 Å². The monoisotopic (exact) mass is 399 g/mol. The van der Waals surface area contributed by atoms with Gasteiger partial charge in [-0.05, 0) is 42.7 Å². The summed E-state index contributed by atoms with van der Waals surface area (Å²) >= 11 is 0. The molecule has 1 atom stereocenters. The Morgan fingerprint density at radius 3 is 2.48 bits per heavy atom. The highest BCUT2D eigenvalue weighted by molar-refractivity contribution is 5.99. The zero-order valence-corrected chi connectivity index (χ0v) is 17.3. The van der Waals surface area contributed by atoms with Gasteiger partial charge in [0.15, 0.2) is 0 Å². The van der Waals surface area contributed by atoms with E-state index in [1.165, 1.54) is 0 Å². The van der Waals surface area contributed by atoms with Gasteiger partial charge in [0, 0.05) is 31.0 Å². The van der Waals surface area contributed by atoms with Crippen LogP contribution in [0.25, 0.3) is 0 Å². The average molecular weight is 399 g/mol. The summed E-state index contributed by atoms with van der Waals surface area (Å²) in [7, 11) is 1.55. The third-order valence-electron chi connectivity index (χ3n) is 4.99. The van der Waals surface area contributed by atoms with Crippen molar-refractivity contribution in [3.63, 3.8) is 0 Å². The van der Waals surface area contributed by atoms with Gasteiger partial charge in [-0.1, -0.05) is 13.8 Å². The number of carbonyl (C=O) groups is 2. The number of rotatable bonds is 7. The number of anilines is 1. The summed E-state index contributed by atoms with van der Waals surface area (Å²) in [4.78, 5) is 27.7. The molecule has 0 saturated carbocycles. The number of methoxy groups -OCH3 is 1. The highest BCUT2D eigenvalue weighted by Crippen LogP contribution is 2.28. The molecule has 1 fully saturated rings. The van der Waals surface area contributed by atoms with Crippen LogP contribution in [0.5, 0.6) is 5.75 Å². The summed E-state index contributed by atoms with van der Waals surface area (Å²) in [5.74, 6) is 0.664. The first kappa shape index (κ1) is 20.9. The Morgan fingerprint density at radius 1 is 1.17 bits per heavy atom. The molecule has 1 unspecified atom stereocenters. The standard InChI is InChI=1S/C22H29N3O4/c1-16(2)14-19(24-8-4-5-9-24)21(26)23-18-15-17(6-7-20(18)28-3)22(27)25-10-12-29-13-11-25/h4-9,15-16,19H,10-14H2,1-3H3,(H,23,26). The molecule has 0 radical (unpaired) electrons. The van der Waals surface area contributed by atoms with Crippen LogP contribution in [0.15, 0.2) is 42.7 Å². The van der Waals surface area contributed by atoms with Crippen molar-refractivity contribution in [3.8, 4) is 5.75 Å². The van der Waals surface area contributed by atoms with Gasteiger partial charge in [0.2, 0.25) is 5.91 Å². The minimum Gasteiger partial charge on any atom is -0.495 e. The van der Waals surface area contributed by atoms with E-state index < -0.39 is 0 Å². The Hall–Kier alpha value is -2.80. The van der Waals surface area contributed by atoms with Crippen molar-refractivity contribution in [1.82, 2.24) is 9.47 Å². The molecule has 1 saturated heterocycles. The molecule has 3 rings (SSSR count). The SMILES string of the molecule is COc1ccc(C(=O)N2CCOCC2)cc1NC(=O)C(CC(C)C)n1cccc1. The largest absolute Gasteiger partial charge is 0.495 e. The lowest BCUT2D eigenvalue weighted by Crippen LogP contribution is -2.40. The minimum atomic E-state index is -0.340. The number of morpholine rings is 1. The quantitative estimate of drug-likeness (QED) is 0.776. The third kappa shape index (κ3) is 5.17. The van der Waals surface area contributed by atoms with Gasteiger partial charge < -0.3 is 24.3 Å². The number of ether oxygens (including phenoxy) is 2. The van der Waals surface area contributed by atoms with Crippen LogP contribution in [0.4, 0.5) is 5.69 Å². The zero-order chi connectivity index (χ0) is 20.8. The fourth-order valence-electron chi connectivity index (χ4n) is 3.47.